The van der Waals surface area contributed by atoms with Crippen molar-refractivity contribution in [3.05, 3.63) is 23.7 Å². The van der Waals surface area contributed by atoms with Crippen molar-refractivity contribution in [2.24, 2.45) is 0 Å². The van der Waals surface area contributed by atoms with Gasteiger partial charge in [-0.15, -0.1) is 0 Å². The summed E-state index contributed by atoms with van der Waals surface area (Å²) >= 11 is 0. The zero-order valence-corrected chi connectivity index (χ0v) is 5.09. The number of Topliss-reactive ketones (excluding diaryl/α,β-unsaturated/α-hetero) is 1. The molecule has 0 aromatic carbocycles. The molecule has 0 atom stereocenters. The van der Waals surface area contributed by atoms with Gasteiger partial charge in [0.2, 0.25) is 11.5 Å². The molecule has 0 unspecified atom stereocenters. The largest absolute Gasteiger partial charge is 0.369 e. The first kappa shape index (κ1) is 5.49. The molecule has 2 rings (SSSR count). The second-order valence-electron chi connectivity index (χ2n) is 2.01. The summed E-state index contributed by atoms with van der Waals surface area (Å²) in [5, 5.41) is 0. The van der Waals surface area contributed by atoms with E-state index in [-0.39, 0.29) is 11.5 Å². The maximum atomic E-state index is 10.9. The Morgan fingerprint density at radius 2 is 2.40 bits per heavy atom. The molecule has 0 radical (unpaired) electrons. The van der Waals surface area contributed by atoms with Crippen LogP contribution in [-0.4, -0.2) is 5.78 Å². The number of carbonyl (C=O) groups is 1. The molecule has 0 aromatic rings. The number of ketones is 1. The molecule has 0 bridgehead atoms. The zero-order valence-electron chi connectivity index (χ0n) is 5.09. The van der Waals surface area contributed by atoms with Crippen LogP contribution in [0.1, 0.15) is 6.42 Å². The number of rotatable bonds is 0. The molecule has 4 heteroatoms. The molecule has 0 aromatic heterocycles. The summed E-state index contributed by atoms with van der Waals surface area (Å²) in [6, 6.07) is 0. The van der Waals surface area contributed by atoms with Gasteiger partial charge in [0.1, 0.15) is 0 Å². The van der Waals surface area contributed by atoms with E-state index in [1.807, 2.05) is 0 Å². The summed E-state index contributed by atoms with van der Waals surface area (Å²) < 4.78 is 0. The first-order valence-electron chi connectivity index (χ1n) is 2.90. The van der Waals surface area contributed by atoms with Crippen LogP contribution >= 0.6 is 0 Å². The Bertz CT molecular complexity index is 241. The highest BCUT2D eigenvalue weighted by Crippen LogP contribution is 2.20. The molecule has 1 heterocycles. The van der Waals surface area contributed by atoms with Crippen molar-refractivity contribution in [3.8, 4) is 0 Å². The SMILES string of the molecule is O=C1CC=CC2=C1ONO2. The first-order chi connectivity index (χ1) is 4.88. The molecule has 0 saturated heterocycles. The van der Waals surface area contributed by atoms with Crippen molar-refractivity contribution in [1.29, 1.82) is 0 Å². The van der Waals surface area contributed by atoms with Crippen molar-refractivity contribution >= 4 is 5.78 Å². The molecule has 52 valence electrons. The average molecular weight is 139 g/mol. The summed E-state index contributed by atoms with van der Waals surface area (Å²) in [6.45, 7) is 0. The molecule has 1 aliphatic carbocycles. The molecule has 10 heavy (non-hydrogen) atoms. The maximum absolute atomic E-state index is 10.9. The molecule has 4 nitrogen and oxygen atoms in total. The molecule has 1 aliphatic heterocycles. The Morgan fingerprint density at radius 3 is 3.20 bits per heavy atom. The van der Waals surface area contributed by atoms with Gasteiger partial charge in [0.05, 0.1) is 0 Å². The van der Waals surface area contributed by atoms with Crippen molar-refractivity contribution in [3.63, 3.8) is 0 Å². The van der Waals surface area contributed by atoms with E-state index in [2.05, 4.69) is 10.5 Å². The Balaban J connectivity index is 2.39. The van der Waals surface area contributed by atoms with Gasteiger partial charge in [-0.1, -0.05) is 6.08 Å². The molecular formula is C6H5NO3. The normalized spacial score (nSPS) is 22.2. The summed E-state index contributed by atoms with van der Waals surface area (Å²) in [4.78, 5) is 20.3. The van der Waals surface area contributed by atoms with E-state index >= 15 is 0 Å². The monoisotopic (exact) mass is 139 g/mol. The van der Waals surface area contributed by atoms with E-state index in [1.54, 1.807) is 12.2 Å². The number of hydrogen-bond donors (Lipinski definition) is 1. The van der Waals surface area contributed by atoms with Gasteiger partial charge in [0, 0.05) is 12.1 Å². The minimum Gasteiger partial charge on any atom is -0.369 e. The lowest BCUT2D eigenvalue weighted by Gasteiger charge is -1.98. The van der Waals surface area contributed by atoms with Crippen molar-refractivity contribution in [2.45, 2.75) is 6.42 Å². The number of nitrogens with one attached hydrogen (secondary N) is 1. The van der Waals surface area contributed by atoms with Gasteiger partial charge in [-0.25, -0.2) is 0 Å². The van der Waals surface area contributed by atoms with E-state index in [0.29, 0.717) is 12.2 Å². The van der Waals surface area contributed by atoms with Crippen molar-refractivity contribution < 1.29 is 14.5 Å². The van der Waals surface area contributed by atoms with Crippen molar-refractivity contribution in [2.75, 3.05) is 0 Å². The standard InChI is InChI=1S/C6H5NO3/c8-4-2-1-3-5-6(4)10-7-9-5/h1,3,7H,2H2. The third kappa shape index (κ3) is 0.625. The highest BCUT2D eigenvalue weighted by molar-refractivity contribution is 5.96. The second-order valence-corrected chi connectivity index (χ2v) is 2.01. The van der Waals surface area contributed by atoms with Crippen LogP contribution in [0, 0.1) is 0 Å². The van der Waals surface area contributed by atoms with Gasteiger partial charge in [0.15, 0.2) is 5.76 Å². The zero-order chi connectivity index (χ0) is 6.97. The second kappa shape index (κ2) is 1.85. The van der Waals surface area contributed by atoms with Crippen LogP contribution in [0.15, 0.2) is 23.7 Å². The Morgan fingerprint density at radius 1 is 1.50 bits per heavy atom. The number of allylic oxidation sites excluding steroid dienone is 3. The van der Waals surface area contributed by atoms with Crippen molar-refractivity contribution in [1.82, 2.24) is 5.64 Å². The third-order valence-corrected chi connectivity index (χ3v) is 1.34. The third-order valence-electron chi connectivity index (χ3n) is 1.34. The Kier molecular flexibility index (Phi) is 1.01. The van der Waals surface area contributed by atoms with Crippen LogP contribution in [0.3, 0.4) is 0 Å². The Labute approximate surface area is 57.0 Å². The lowest BCUT2D eigenvalue weighted by Crippen LogP contribution is -2.08. The minimum absolute atomic E-state index is 0.0532. The summed E-state index contributed by atoms with van der Waals surface area (Å²) in [5.41, 5.74) is 2.15. The van der Waals surface area contributed by atoms with Crippen LogP contribution in [0.5, 0.6) is 0 Å². The summed E-state index contributed by atoms with van der Waals surface area (Å²) in [7, 11) is 0. The summed E-state index contributed by atoms with van der Waals surface area (Å²) in [6.07, 6.45) is 3.83. The molecule has 1 N–H and O–H groups in total. The van der Waals surface area contributed by atoms with Crippen LogP contribution in [-0.2, 0) is 14.5 Å². The quantitative estimate of drug-likeness (QED) is 0.520. The van der Waals surface area contributed by atoms with Gasteiger partial charge in [-0.2, -0.15) is 0 Å². The van der Waals surface area contributed by atoms with Crippen LogP contribution in [0.25, 0.3) is 0 Å². The van der Waals surface area contributed by atoms with E-state index in [9.17, 15) is 4.79 Å². The first-order valence-corrected chi connectivity index (χ1v) is 2.90. The summed E-state index contributed by atoms with van der Waals surface area (Å²) in [5.74, 6) is 0.696. The van der Waals surface area contributed by atoms with Gasteiger partial charge in [0.25, 0.3) is 0 Å². The fraction of sp³-hybridized carbons (Fsp3) is 0.167. The van der Waals surface area contributed by atoms with E-state index in [0.717, 1.165) is 0 Å². The van der Waals surface area contributed by atoms with E-state index in [4.69, 9.17) is 4.84 Å². The van der Waals surface area contributed by atoms with Crippen LogP contribution in [0.2, 0.25) is 0 Å². The lowest BCUT2D eigenvalue weighted by atomic mass is 10.1. The fourth-order valence-corrected chi connectivity index (χ4v) is 0.874. The highest BCUT2D eigenvalue weighted by atomic mass is 16.9. The number of carbonyl (C=O) groups excluding carboxylic acids is 1. The van der Waals surface area contributed by atoms with Crippen LogP contribution in [0.4, 0.5) is 0 Å². The van der Waals surface area contributed by atoms with E-state index in [1.165, 1.54) is 0 Å². The molecule has 0 amide bonds. The topological polar surface area (TPSA) is 47.6 Å². The maximum Gasteiger partial charge on any atom is 0.238 e. The average Bonchev–Trinajstić information content (AvgIpc) is 2.36. The molecule has 0 saturated carbocycles. The Hall–Kier alpha value is -1.29. The number of hydrogen-bond acceptors (Lipinski definition) is 4. The molecule has 0 fully saturated rings. The van der Waals surface area contributed by atoms with Gasteiger partial charge in [-0.3, -0.25) is 4.79 Å². The van der Waals surface area contributed by atoms with Gasteiger partial charge in [-0.05, 0) is 6.08 Å². The van der Waals surface area contributed by atoms with Gasteiger partial charge < -0.3 is 9.68 Å². The van der Waals surface area contributed by atoms with E-state index < -0.39 is 0 Å². The molecule has 2 aliphatic rings. The smallest absolute Gasteiger partial charge is 0.238 e. The van der Waals surface area contributed by atoms with Crippen LogP contribution < -0.4 is 5.64 Å². The van der Waals surface area contributed by atoms with Gasteiger partial charge >= 0.3 is 0 Å². The predicted molar refractivity (Wildman–Crippen MR) is 31.1 cm³/mol. The predicted octanol–water partition coefficient (Wildman–Crippen LogP) is 0.193. The molecular weight excluding hydrogens is 134 g/mol. The fourth-order valence-electron chi connectivity index (χ4n) is 0.874. The minimum atomic E-state index is -0.0532. The molecule has 0 spiro atoms. The highest BCUT2D eigenvalue weighted by Gasteiger charge is 2.25. The lowest BCUT2D eigenvalue weighted by molar-refractivity contribution is -0.122.